The van der Waals surface area contributed by atoms with Crippen LogP contribution in [0.3, 0.4) is 0 Å². The first-order valence-corrected chi connectivity index (χ1v) is 14.9. The Balaban J connectivity index is 0.00000207. The van der Waals surface area contributed by atoms with E-state index in [9.17, 15) is 18.4 Å². The van der Waals surface area contributed by atoms with Crippen molar-refractivity contribution in [1.29, 1.82) is 0 Å². The Morgan fingerprint density at radius 1 is 1.05 bits per heavy atom. The van der Waals surface area contributed by atoms with Crippen molar-refractivity contribution in [3.8, 4) is 0 Å². The smallest absolute Gasteiger partial charge is 0.268 e. The molecule has 0 aliphatic carbocycles. The van der Waals surface area contributed by atoms with Crippen LogP contribution in [0, 0.1) is 17.6 Å². The lowest BCUT2D eigenvalue weighted by molar-refractivity contribution is -0.138. The van der Waals surface area contributed by atoms with Gasteiger partial charge in [-0.25, -0.2) is 13.8 Å². The number of imidazole rings is 1. The molecule has 4 aromatic rings. The van der Waals surface area contributed by atoms with Crippen molar-refractivity contribution >= 4 is 39.4 Å². The number of hydrogen-bond donors (Lipinski definition) is 3. The number of nitrogens with zero attached hydrogens (tertiary/aromatic N) is 3. The molecule has 2 aromatic carbocycles. The second-order valence-corrected chi connectivity index (χ2v) is 11.8. The quantitative estimate of drug-likeness (QED) is 0.229. The number of benzene rings is 2. The molecule has 1 saturated heterocycles. The number of rotatable bonds is 7. The summed E-state index contributed by atoms with van der Waals surface area (Å²) in [5, 5.41) is 2.98. The van der Waals surface area contributed by atoms with Crippen LogP contribution in [0.1, 0.15) is 70.7 Å². The molecule has 1 aliphatic rings. The summed E-state index contributed by atoms with van der Waals surface area (Å²) in [7, 11) is 0. The van der Waals surface area contributed by atoms with Gasteiger partial charge in [0, 0.05) is 36.6 Å². The molecule has 8 nitrogen and oxygen atoms in total. The third-order valence-corrected chi connectivity index (χ3v) is 7.84. The van der Waals surface area contributed by atoms with Gasteiger partial charge in [-0.1, -0.05) is 46.4 Å². The zero-order valence-electron chi connectivity index (χ0n) is 25.9. The molecule has 2 aromatic heterocycles. The van der Waals surface area contributed by atoms with E-state index >= 15 is 0 Å². The van der Waals surface area contributed by atoms with Gasteiger partial charge < -0.3 is 25.1 Å². The molecule has 0 bridgehead atoms. The van der Waals surface area contributed by atoms with Crippen LogP contribution in [0.5, 0.6) is 0 Å². The number of halogens is 2. The SMILES string of the molecule is C=C(c1nc2ccccc2[nH]1)N1CCN(C(=O)[C@H](CC(C)C)NC(=O)c2cc3c(F)cc(F)cc3[nH]2)C(C)(C)CC1.CC. The van der Waals surface area contributed by atoms with Crippen molar-refractivity contribution in [2.24, 2.45) is 5.92 Å². The van der Waals surface area contributed by atoms with Gasteiger partial charge >= 0.3 is 0 Å². The van der Waals surface area contributed by atoms with Crippen molar-refractivity contribution < 1.29 is 18.4 Å². The Labute approximate surface area is 251 Å². The molecular formula is C33H42F2N6O2. The molecule has 3 N–H and O–H groups in total. The first-order chi connectivity index (χ1) is 20.4. The van der Waals surface area contributed by atoms with Crippen LogP contribution >= 0.6 is 0 Å². The number of hydrogen-bond acceptors (Lipinski definition) is 4. The zero-order valence-corrected chi connectivity index (χ0v) is 25.9. The maximum absolute atomic E-state index is 14.2. The van der Waals surface area contributed by atoms with E-state index < -0.39 is 29.1 Å². The third-order valence-electron chi connectivity index (χ3n) is 7.84. The van der Waals surface area contributed by atoms with Gasteiger partial charge in [-0.05, 0) is 56.9 Å². The number of carbonyl (C=O) groups excluding carboxylic acids is 2. The highest BCUT2D eigenvalue weighted by Gasteiger charge is 2.38. The van der Waals surface area contributed by atoms with Gasteiger partial charge in [0.1, 0.15) is 23.4 Å². The van der Waals surface area contributed by atoms with Gasteiger partial charge in [0.05, 0.1) is 22.2 Å². The van der Waals surface area contributed by atoms with E-state index in [4.69, 9.17) is 0 Å². The van der Waals surface area contributed by atoms with Gasteiger partial charge in [-0.3, -0.25) is 9.59 Å². The van der Waals surface area contributed by atoms with E-state index in [-0.39, 0.29) is 28.4 Å². The summed E-state index contributed by atoms with van der Waals surface area (Å²) in [4.78, 5) is 42.0. The molecule has 0 radical (unpaired) electrons. The zero-order chi connectivity index (χ0) is 31.5. The molecule has 0 spiro atoms. The Hall–Kier alpha value is -4.21. The van der Waals surface area contributed by atoms with Crippen molar-refractivity contribution in [2.75, 3.05) is 19.6 Å². The van der Waals surface area contributed by atoms with Gasteiger partial charge in [-0.15, -0.1) is 0 Å². The molecule has 2 amide bonds. The number of nitrogens with one attached hydrogen (secondary N) is 3. The van der Waals surface area contributed by atoms with Gasteiger partial charge in [-0.2, -0.15) is 0 Å². The predicted octanol–water partition coefficient (Wildman–Crippen LogP) is 6.48. The summed E-state index contributed by atoms with van der Waals surface area (Å²) in [6.45, 7) is 18.0. The van der Waals surface area contributed by atoms with Crippen molar-refractivity contribution in [2.45, 2.75) is 66.0 Å². The van der Waals surface area contributed by atoms with Crippen LogP contribution in [-0.4, -0.2) is 67.8 Å². The summed E-state index contributed by atoms with van der Waals surface area (Å²) in [6, 6.07) is 10.3. The highest BCUT2D eigenvalue weighted by molar-refractivity contribution is 6.00. The number of carbonyl (C=O) groups is 2. The fourth-order valence-electron chi connectivity index (χ4n) is 5.50. The van der Waals surface area contributed by atoms with E-state index in [2.05, 4.69) is 31.7 Å². The lowest BCUT2D eigenvalue weighted by Crippen LogP contribution is -2.56. The lowest BCUT2D eigenvalue weighted by atomic mass is 9.95. The Kier molecular flexibility index (Phi) is 9.57. The van der Waals surface area contributed by atoms with Crippen LogP contribution in [-0.2, 0) is 4.79 Å². The van der Waals surface area contributed by atoms with Crippen LogP contribution < -0.4 is 5.32 Å². The predicted molar refractivity (Wildman–Crippen MR) is 167 cm³/mol. The second-order valence-electron chi connectivity index (χ2n) is 11.8. The molecule has 1 aliphatic heterocycles. The van der Waals surface area contributed by atoms with E-state index in [1.54, 1.807) is 0 Å². The monoisotopic (exact) mass is 592 g/mol. The van der Waals surface area contributed by atoms with Crippen molar-refractivity contribution in [1.82, 2.24) is 30.1 Å². The highest BCUT2D eigenvalue weighted by atomic mass is 19.1. The van der Waals surface area contributed by atoms with Gasteiger partial charge in [0.25, 0.3) is 5.91 Å². The number of aromatic nitrogens is 3. The first kappa shape index (κ1) is 31.7. The largest absolute Gasteiger partial charge is 0.367 e. The van der Waals surface area contributed by atoms with Crippen LogP contribution in [0.25, 0.3) is 27.6 Å². The van der Waals surface area contributed by atoms with E-state index in [0.717, 1.165) is 28.9 Å². The summed E-state index contributed by atoms with van der Waals surface area (Å²) in [5.41, 5.74) is 2.33. The molecule has 5 rings (SSSR count). The molecule has 1 atom stereocenters. The third kappa shape index (κ3) is 6.89. The first-order valence-electron chi connectivity index (χ1n) is 14.9. The minimum Gasteiger partial charge on any atom is -0.367 e. The molecular weight excluding hydrogens is 550 g/mol. The minimum atomic E-state index is -0.792. The summed E-state index contributed by atoms with van der Waals surface area (Å²) in [5.74, 6) is -1.40. The fraction of sp³-hybridized carbons (Fsp3) is 0.424. The molecule has 10 heteroatoms. The van der Waals surface area contributed by atoms with Crippen molar-refractivity contribution in [3.05, 3.63) is 72.2 Å². The fourth-order valence-corrected chi connectivity index (χ4v) is 5.50. The molecule has 3 heterocycles. The number of H-pyrrole nitrogens is 2. The summed E-state index contributed by atoms with van der Waals surface area (Å²) >= 11 is 0. The number of amides is 2. The van der Waals surface area contributed by atoms with Crippen LogP contribution in [0.15, 0.2) is 49.0 Å². The topological polar surface area (TPSA) is 97.1 Å². The standard InChI is InChI=1S/C31H36F2N6O2.C2H6/c1-18(2)14-27(37-29(40)26-17-21-22(33)15-20(32)16-25(21)34-26)30(41)39-13-12-38(11-10-31(39,4)5)19(3)28-35-23-8-6-7-9-24(23)36-28;1-2/h6-9,15-18,27,34H,3,10-14H2,1-2,4-5H3,(H,35,36)(H,37,40);1-2H3/t27-;/m0./s1. The van der Waals surface area contributed by atoms with E-state index in [1.807, 2.05) is 70.7 Å². The molecule has 0 unspecified atom stereocenters. The molecule has 1 fully saturated rings. The summed E-state index contributed by atoms with van der Waals surface area (Å²) in [6.07, 6.45) is 1.11. The lowest BCUT2D eigenvalue weighted by Gasteiger charge is -2.39. The average molecular weight is 593 g/mol. The number of para-hydroxylation sites is 2. The van der Waals surface area contributed by atoms with Crippen molar-refractivity contribution in [3.63, 3.8) is 0 Å². The van der Waals surface area contributed by atoms with Gasteiger partial charge in [0.15, 0.2) is 5.82 Å². The Bertz CT molecular complexity index is 1590. The average Bonchev–Trinajstić information content (AvgIpc) is 3.55. The van der Waals surface area contributed by atoms with Gasteiger partial charge in [0.2, 0.25) is 5.91 Å². The minimum absolute atomic E-state index is 0.0643. The normalized spacial score (nSPS) is 15.7. The molecule has 43 heavy (non-hydrogen) atoms. The Morgan fingerprint density at radius 3 is 2.47 bits per heavy atom. The van der Waals surface area contributed by atoms with Crippen LogP contribution in [0.4, 0.5) is 8.78 Å². The van der Waals surface area contributed by atoms with Crippen LogP contribution in [0.2, 0.25) is 0 Å². The highest BCUT2D eigenvalue weighted by Crippen LogP contribution is 2.28. The number of aromatic amines is 2. The van der Waals surface area contributed by atoms with E-state index in [1.165, 1.54) is 6.07 Å². The summed E-state index contributed by atoms with van der Waals surface area (Å²) < 4.78 is 27.9. The number of fused-ring (bicyclic) bond motifs is 2. The maximum Gasteiger partial charge on any atom is 0.268 e. The molecule has 0 saturated carbocycles. The Morgan fingerprint density at radius 2 is 1.77 bits per heavy atom. The second kappa shape index (κ2) is 13.0. The molecule has 230 valence electrons. The maximum atomic E-state index is 14.2. The van der Waals surface area contributed by atoms with E-state index in [0.29, 0.717) is 38.3 Å².